The summed E-state index contributed by atoms with van der Waals surface area (Å²) in [5.41, 5.74) is 4.67. The second-order valence-corrected chi connectivity index (χ2v) is 7.76. The molecule has 0 saturated carbocycles. The second-order valence-electron chi connectivity index (χ2n) is 6.90. The number of anilines is 1. The minimum Gasteiger partial charge on any atom is -0.299 e. The number of amides is 1. The van der Waals surface area contributed by atoms with Gasteiger partial charge in [-0.3, -0.25) is 19.7 Å². The number of thiazole rings is 1. The summed E-state index contributed by atoms with van der Waals surface area (Å²) < 4.78 is 1.82. The van der Waals surface area contributed by atoms with Crippen LogP contribution in [0.3, 0.4) is 0 Å². The van der Waals surface area contributed by atoms with Crippen LogP contribution in [0.15, 0.2) is 35.8 Å². The van der Waals surface area contributed by atoms with Gasteiger partial charge in [-0.1, -0.05) is 18.2 Å². The third-order valence-corrected chi connectivity index (χ3v) is 5.85. The van der Waals surface area contributed by atoms with Gasteiger partial charge in [-0.25, -0.2) is 4.98 Å². The van der Waals surface area contributed by atoms with Gasteiger partial charge in [-0.15, -0.1) is 11.3 Å². The zero-order chi connectivity index (χ0) is 18.8. The van der Waals surface area contributed by atoms with E-state index in [1.807, 2.05) is 48.3 Å². The molecule has 0 bridgehead atoms. The maximum absolute atomic E-state index is 12.8. The molecule has 1 aliphatic heterocycles. The zero-order valence-corrected chi connectivity index (χ0v) is 16.4. The third kappa shape index (κ3) is 3.79. The standard InChI is InChI=1S/C20H23N5OS/c1-14-17(11-21-24(14)2)18-13-27-20(22-18)23-19(26)16-8-4-3-7-15(16)12-25-9-5-6-10-25/h3-4,7-8,11,13H,5-6,9-10,12H2,1-2H3,(H,22,23,26). The maximum atomic E-state index is 12.8. The normalized spacial score (nSPS) is 14.6. The Morgan fingerprint density at radius 2 is 2.04 bits per heavy atom. The van der Waals surface area contributed by atoms with E-state index in [0.717, 1.165) is 47.7 Å². The van der Waals surface area contributed by atoms with E-state index in [-0.39, 0.29) is 5.91 Å². The molecule has 0 radical (unpaired) electrons. The fraction of sp³-hybridized carbons (Fsp3) is 0.350. The Bertz CT molecular complexity index is 955. The van der Waals surface area contributed by atoms with Crippen LogP contribution in [0.25, 0.3) is 11.3 Å². The van der Waals surface area contributed by atoms with Crippen molar-refractivity contribution in [2.45, 2.75) is 26.3 Å². The first-order chi connectivity index (χ1) is 13.1. The van der Waals surface area contributed by atoms with Crippen LogP contribution in [-0.2, 0) is 13.6 Å². The molecule has 0 aliphatic carbocycles. The fourth-order valence-electron chi connectivity index (χ4n) is 3.43. The van der Waals surface area contributed by atoms with Gasteiger partial charge in [0.15, 0.2) is 5.13 Å². The van der Waals surface area contributed by atoms with E-state index in [1.54, 1.807) is 6.20 Å². The average molecular weight is 382 g/mol. The van der Waals surface area contributed by atoms with E-state index < -0.39 is 0 Å². The molecule has 140 valence electrons. The van der Waals surface area contributed by atoms with Crippen LogP contribution >= 0.6 is 11.3 Å². The van der Waals surface area contributed by atoms with Gasteiger partial charge in [0, 0.05) is 35.8 Å². The Kier molecular flexibility index (Phi) is 5.05. The zero-order valence-electron chi connectivity index (χ0n) is 15.6. The van der Waals surface area contributed by atoms with Crippen LogP contribution in [0.4, 0.5) is 5.13 Å². The van der Waals surface area contributed by atoms with Gasteiger partial charge in [-0.05, 0) is 44.5 Å². The summed E-state index contributed by atoms with van der Waals surface area (Å²) in [6.45, 7) is 5.04. The Morgan fingerprint density at radius 3 is 2.78 bits per heavy atom. The number of carbonyl (C=O) groups is 1. The van der Waals surface area contributed by atoms with E-state index in [4.69, 9.17) is 0 Å². The summed E-state index contributed by atoms with van der Waals surface area (Å²) in [5, 5.41) is 9.78. The molecule has 1 N–H and O–H groups in total. The minimum atomic E-state index is -0.103. The van der Waals surface area contributed by atoms with E-state index in [2.05, 4.69) is 20.3 Å². The Morgan fingerprint density at radius 1 is 1.26 bits per heavy atom. The molecule has 1 saturated heterocycles. The predicted molar refractivity (Wildman–Crippen MR) is 108 cm³/mol. The molecule has 2 aromatic heterocycles. The summed E-state index contributed by atoms with van der Waals surface area (Å²) in [5.74, 6) is -0.103. The van der Waals surface area contributed by atoms with Crippen LogP contribution in [0.5, 0.6) is 0 Å². The molecule has 0 atom stereocenters. The van der Waals surface area contributed by atoms with Gasteiger partial charge in [0.2, 0.25) is 0 Å². The molecule has 3 heterocycles. The number of likely N-dealkylation sites (tertiary alicyclic amines) is 1. The molecule has 1 amide bonds. The molecule has 0 spiro atoms. The van der Waals surface area contributed by atoms with Crippen LogP contribution in [0.1, 0.15) is 34.5 Å². The summed E-state index contributed by atoms with van der Waals surface area (Å²) in [7, 11) is 1.91. The minimum absolute atomic E-state index is 0.103. The van der Waals surface area contributed by atoms with Crippen molar-refractivity contribution in [3.05, 3.63) is 52.7 Å². The number of carbonyl (C=O) groups excluding carboxylic acids is 1. The topological polar surface area (TPSA) is 63.1 Å². The smallest absolute Gasteiger partial charge is 0.257 e. The lowest BCUT2D eigenvalue weighted by molar-refractivity contribution is 0.102. The molecule has 3 aromatic rings. The highest BCUT2D eigenvalue weighted by molar-refractivity contribution is 7.14. The number of nitrogens with one attached hydrogen (secondary N) is 1. The van der Waals surface area contributed by atoms with Gasteiger partial charge < -0.3 is 0 Å². The van der Waals surface area contributed by atoms with Gasteiger partial charge in [0.1, 0.15) is 0 Å². The lowest BCUT2D eigenvalue weighted by Gasteiger charge is -2.16. The number of hydrogen-bond acceptors (Lipinski definition) is 5. The van der Waals surface area contributed by atoms with Crippen LogP contribution in [-0.4, -0.2) is 38.7 Å². The molecule has 4 rings (SSSR count). The first kappa shape index (κ1) is 17.9. The highest BCUT2D eigenvalue weighted by Gasteiger charge is 2.18. The summed E-state index contributed by atoms with van der Waals surface area (Å²) in [6, 6.07) is 7.84. The first-order valence-corrected chi connectivity index (χ1v) is 10.1. The summed E-state index contributed by atoms with van der Waals surface area (Å²) in [6.07, 6.45) is 4.29. The predicted octanol–water partition coefficient (Wildman–Crippen LogP) is 3.70. The van der Waals surface area contributed by atoms with E-state index in [0.29, 0.717) is 5.13 Å². The molecule has 6 nitrogen and oxygen atoms in total. The highest BCUT2D eigenvalue weighted by atomic mass is 32.1. The van der Waals surface area contributed by atoms with Gasteiger partial charge >= 0.3 is 0 Å². The molecule has 27 heavy (non-hydrogen) atoms. The summed E-state index contributed by atoms with van der Waals surface area (Å²) in [4.78, 5) is 19.8. The van der Waals surface area contributed by atoms with Crippen molar-refractivity contribution in [1.82, 2.24) is 19.7 Å². The number of hydrogen-bond donors (Lipinski definition) is 1. The number of nitrogens with zero attached hydrogens (tertiary/aromatic N) is 4. The summed E-state index contributed by atoms with van der Waals surface area (Å²) >= 11 is 1.43. The Balaban J connectivity index is 1.51. The van der Waals surface area contributed by atoms with Crippen LogP contribution in [0, 0.1) is 6.92 Å². The largest absolute Gasteiger partial charge is 0.299 e. The van der Waals surface area contributed by atoms with Gasteiger partial charge in [0.05, 0.1) is 11.9 Å². The number of rotatable bonds is 5. The lowest BCUT2D eigenvalue weighted by Crippen LogP contribution is -2.21. The fourth-order valence-corrected chi connectivity index (χ4v) is 4.14. The first-order valence-electron chi connectivity index (χ1n) is 9.18. The molecule has 0 unspecified atom stereocenters. The van der Waals surface area contributed by atoms with Crippen molar-refractivity contribution < 1.29 is 4.79 Å². The van der Waals surface area contributed by atoms with Crippen molar-refractivity contribution in [3.63, 3.8) is 0 Å². The highest BCUT2D eigenvalue weighted by Crippen LogP contribution is 2.27. The third-order valence-electron chi connectivity index (χ3n) is 5.09. The molecule has 1 aliphatic rings. The Hall–Kier alpha value is -2.51. The molecule has 1 fully saturated rings. The van der Waals surface area contributed by atoms with Crippen LogP contribution < -0.4 is 5.32 Å². The van der Waals surface area contributed by atoms with Gasteiger partial charge in [-0.2, -0.15) is 5.10 Å². The van der Waals surface area contributed by atoms with Crippen molar-refractivity contribution in [2.75, 3.05) is 18.4 Å². The molecule has 7 heteroatoms. The number of aryl methyl sites for hydroxylation is 1. The van der Waals surface area contributed by atoms with Crippen molar-refractivity contribution in [2.24, 2.45) is 7.05 Å². The van der Waals surface area contributed by atoms with E-state index in [9.17, 15) is 4.79 Å². The van der Waals surface area contributed by atoms with E-state index >= 15 is 0 Å². The van der Waals surface area contributed by atoms with Gasteiger partial charge in [0.25, 0.3) is 5.91 Å². The van der Waals surface area contributed by atoms with E-state index in [1.165, 1.54) is 24.2 Å². The van der Waals surface area contributed by atoms with Crippen molar-refractivity contribution in [3.8, 4) is 11.3 Å². The monoisotopic (exact) mass is 381 g/mol. The number of benzene rings is 1. The second kappa shape index (κ2) is 7.62. The van der Waals surface area contributed by atoms with Crippen molar-refractivity contribution in [1.29, 1.82) is 0 Å². The number of aromatic nitrogens is 3. The maximum Gasteiger partial charge on any atom is 0.257 e. The molecule has 1 aromatic carbocycles. The Labute approximate surface area is 162 Å². The SMILES string of the molecule is Cc1c(-c2csc(NC(=O)c3ccccc3CN3CCCC3)n2)cnn1C. The van der Waals surface area contributed by atoms with Crippen LogP contribution in [0.2, 0.25) is 0 Å². The molecular formula is C20H23N5OS. The quantitative estimate of drug-likeness (QED) is 0.732. The van der Waals surface area contributed by atoms with Crippen molar-refractivity contribution >= 4 is 22.4 Å². The average Bonchev–Trinajstić information content (AvgIpc) is 3.40. The molecular weight excluding hydrogens is 358 g/mol. The lowest BCUT2D eigenvalue weighted by atomic mass is 10.1.